The summed E-state index contributed by atoms with van der Waals surface area (Å²) in [6.07, 6.45) is 1.000. The third-order valence-corrected chi connectivity index (χ3v) is 2.69. The van der Waals surface area contributed by atoms with Gasteiger partial charge in [0.05, 0.1) is 12.1 Å². The van der Waals surface area contributed by atoms with Gasteiger partial charge in [-0.25, -0.2) is 0 Å². The molecule has 0 saturated heterocycles. The second-order valence-electron chi connectivity index (χ2n) is 3.24. The number of rotatable bonds is 1. The van der Waals surface area contributed by atoms with E-state index in [4.69, 9.17) is 16.3 Å². The minimum absolute atomic E-state index is 0.711. The Labute approximate surface area is 82.9 Å². The first-order valence-electron chi connectivity index (χ1n) is 4.34. The molecule has 2 rings (SSSR count). The summed E-state index contributed by atoms with van der Waals surface area (Å²) in [4.78, 5) is 0. The quantitative estimate of drug-likeness (QED) is 0.748. The fraction of sp³-hybridized carbons (Fsp3) is 0.400. The highest BCUT2D eigenvalue weighted by Gasteiger charge is 2.19. The molecule has 70 valence electrons. The van der Waals surface area contributed by atoms with Gasteiger partial charge >= 0.3 is 0 Å². The first-order chi connectivity index (χ1) is 6.24. The largest absolute Gasteiger partial charge is 0.495 e. The standard InChI is InChI=1S/C10H12ClNO/c1-6-5-8(11)10(13-2)7-3-4-12-9(6)7/h5,12H,3-4H2,1-2H3. The van der Waals surface area contributed by atoms with Crippen molar-refractivity contribution in [3.63, 3.8) is 0 Å². The predicted octanol–water partition coefficient (Wildman–Crippen LogP) is 2.63. The van der Waals surface area contributed by atoms with Gasteiger partial charge < -0.3 is 10.1 Å². The van der Waals surface area contributed by atoms with Gasteiger partial charge in [0.2, 0.25) is 0 Å². The second kappa shape index (κ2) is 3.11. The Balaban J connectivity index is 2.65. The third kappa shape index (κ3) is 1.25. The van der Waals surface area contributed by atoms with Crippen LogP contribution in [0.1, 0.15) is 11.1 Å². The molecular weight excluding hydrogens is 186 g/mol. The number of aryl methyl sites for hydroxylation is 1. The molecule has 0 radical (unpaired) electrons. The first kappa shape index (κ1) is 8.70. The van der Waals surface area contributed by atoms with E-state index in [-0.39, 0.29) is 0 Å². The molecule has 0 atom stereocenters. The summed E-state index contributed by atoms with van der Waals surface area (Å²) in [7, 11) is 1.66. The lowest BCUT2D eigenvalue weighted by molar-refractivity contribution is 0.411. The molecule has 0 aliphatic carbocycles. The van der Waals surface area contributed by atoms with Crippen molar-refractivity contribution in [1.82, 2.24) is 0 Å². The lowest BCUT2D eigenvalue weighted by Crippen LogP contribution is -1.93. The molecule has 0 unspecified atom stereocenters. The molecule has 1 N–H and O–H groups in total. The van der Waals surface area contributed by atoms with Crippen molar-refractivity contribution < 1.29 is 4.74 Å². The van der Waals surface area contributed by atoms with Crippen LogP contribution in [0.3, 0.4) is 0 Å². The van der Waals surface area contributed by atoms with Crippen LogP contribution < -0.4 is 10.1 Å². The van der Waals surface area contributed by atoms with E-state index < -0.39 is 0 Å². The highest BCUT2D eigenvalue weighted by atomic mass is 35.5. The number of hydrogen-bond donors (Lipinski definition) is 1. The van der Waals surface area contributed by atoms with Crippen LogP contribution in [-0.4, -0.2) is 13.7 Å². The Morgan fingerprint density at radius 3 is 3.00 bits per heavy atom. The average molecular weight is 198 g/mol. The van der Waals surface area contributed by atoms with Crippen LogP contribution >= 0.6 is 11.6 Å². The highest BCUT2D eigenvalue weighted by Crippen LogP contribution is 2.39. The summed E-state index contributed by atoms with van der Waals surface area (Å²) in [5.74, 6) is 0.826. The monoisotopic (exact) mass is 197 g/mol. The molecule has 1 aliphatic rings. The van der Waals surface area contributed by atoms with E-state index in [1.165, 1.54) is 16.8 Å². The summed E-state index contributed by atoms with van der Waals surface area (Å²) >= 11 is 6.06. The van der Waals surface area contributed by atoms with Gasteiger partial charge in [-0.1, -0.05) is 11.6 Å². The van der Waals surface area contributed by atoms with Crippen molar-refractivity contribution in [1.29, 1.82) is 0 Å². The molecule has 2 nitrogen and oxygen atoms in total. The fourth-order valence-electron chi connectivity index (χ4n) is 1.84. The maximum Gasteiger partial charge on any atom is 0.142 e. The van der Waals surface area contributed by atoms with Crippen molar-refractivity contribution in [3.05, 3.63) is 22.2 Å². The topological polar surface area (TPSA) is 21.3 Å². The fourth-order valence-corrected chi connectivity index (χ4v) is 2.20. The number of anilines is 1. The summed E-state index contributed by atoms with van der Waals surface area (Å²) in [5, 5.41) is 4.04. The zero-order valence-electron chi connectivity index (χ0n) is 7.78. The van der Waals surface area contributed by atoms with Crippen molar-refractivity contribution in [2.75, 3.05) is 19.0 Å². The molecule has 1 aliphatic heterocycles. The summed E-state index contributed by atoms with van der Waals surface area (Å²) < 4.78 is 5.27. The molecule has 0 amide bonds. The van der Waals surface area contributed by atoms with Crippen LogP contribution in [0.25, 0.3) is 0 Å². The Kier molecular flexibility index (Phi) is 2.08. The number of methoxy groups -OCH3 is 1. The van der Waals surface area contributed by atoms with E-state index in [1.807, 2.05) is 6.07 Å². The predicted molar refractivity (Wildman–Crippen MR) is 54.9 cm³/mol. The molecule has 1 aromatic rings. The second-order valence-corrected chi connectivity index (χ2v) is 3.65. The minimum atomic E-state index is 0.711. The van der Waals surface area contributed by atoms with E-state index in [0.29, 0.717) is 5.02 Å². The summed E-state index contributed by atoms with van der Waals surface area (Å²) in [6.45, 7) is 3.04. The molecule has 3 heteroatoms. The first-order valence-corrected chi connectivity index (χ1v) is 4.71. The van der Waals surface area contributed by atoms with Crippen LogP contribution in [0.4, 0.5) is 5.69 Å². The number of ether oxygens (including phenoxy) is 1. The van der Waals surface area contributed by atoms with E-state index >= 15 is 0 Å². The maximum atomic E-state index is 6.06. The number of halogens is 1. The van der Waals surface area contributed by atoms with Crippen LogP contribution in [0, 0.1) is 6.92 Å². The van der Waals surface area contributed by atoms with Crippen LogP contribution in [-0.2, 0) is 6.42 Å². The number of nitrogens with one attached hydrogen (secondary N) is 1. The maximum absolute atomic E-state index is 6.06. The van der Waals surface area contributed by atoms with Gasteiger partial charge in [0.25, 0.3) is 0 Å². The van der Waals surface area contributed by atoms with Crippen molar-refractivity contribution in [2.45, 2.75) is 13.3 Å². The van der Waals surface area contributed by atoms with E-state index in [2.05, 4.69) is 12.2 Å². The lowest BCUT2D eigenvalue weighted by atomic mass is 10.1. The minimum Gasteiger partial charge on any atom is -0.495 e. The van der Waals surface area contributed by atoms with Crippen molar-refractivity contribution >= 4 is 17.3 Å². The SMILES string of the molecule is COc1c(Cl)cc(C)c2c1CCN2. The molecule has 0 bridgehead atoms. The van der Waals surface area contributed by atoms with Gasteiger partial charge in [0.15, 0.2) is 0 Å². The highest BCUT2D eigenvalue weighted by molar-refractivity contribution is 6.32. The van der Waals surface area contributed by atoms with E-state index in [1.54, 1.807) is 7.11 Å². The normalized spacial score (nSPS) is 13.8. The van der Waals surface area contributed by atoms with Crippen LogP contribution in [0.2, 0.25) is 5.02 Å². The summed E-state index contributed by atoms with van der Waals surface area (Å²) in [5.41, 5.74) is 3.60. The van der Waals surface area contributed by atoms with Gasteiger partial charge in [0, 0.05) is 17.8 Å². The zero-order chi connectivity index (χ0) is 9.42. The third-order valence-electron chi connectivity index (χ3n) is 2.41. The Hall–Kier alpha value is -0.890. The average Bonchev–Trinajstić information content (AvgIpc) is 2.53. The van der Waals surface area contributed by atoms with E-state index in [0.717, 1.165) is 18.7 Å². The van der Waals surface area contributed by atoms with Crippen LogP contribution in [0.5, 0.6) is 5.75 Å². The zero-order valence-corrected chi connectivity index (χ0v) is 8.53. The van der Waals surface area contributed by atoms with Gasteiger partial charge in [0.1, 0.15) is 5.75 Å². The molecule has 0 spiro atoms. The molecule has 0 fully saturated rings. The van der Waals surface area contributed by atoms with E-state index in [9.17, 15) is 0 Å². The molecule has 1 heterocycles. The van der Waals surface area contributed by atoms with Gasteiger partial charge in [-0.15, -0.1) is 0 Å². The molecular formula is C10H12ClNO. The Bertz CT molecular complexity index is 349. The number of hydrogen-bond acceptors (Lipinski definition) is 2. The lowest BCUT2D eigenvalue weighted by Gasteiger charge is -2.11. The molecule has 1 aromatic carbocycles. The number of fused-ring (bicyclic) bond motifs is 1. The van der Waals surface area contributed by atoms with Crippen molar-refractivity contribution in [2.24, 2.45) is 0 Å². The molecule has 0 aromatic heterocycles. The van der Waals surface area contributed by atoms with Gasteiger partial charge in [-0.3, -0.25) is 0 Å². The van der Waals surface area contributed by atoms with Crippen molar-refractivity contribution in [3.8, 4) is 5.75 Å². The Morgan fingerprint density at radius 2 is 2.31 bits per heavy atom. The molecule has 0 saturated carbocycles. The summed E-state index contributed by atoms with van der Waals surface area (Å²) in [6, 6.07) is 1.94. The Morgan fingerprint density at radius 1 is 1.54 bits per heavy atom. The van der Waals surface area contributed by atoms with Crippen LogP contribution in [0.15, 0.2) is 6.07 Å². The number of benzene rings is 1. The molecule has 13 heavy (non-hydrogen) atoms. The van der Waals surface area contributed by atoms with Gasteiger partial charge in [-0.05, 0) is 25.0 Å². The van der Waals surface area contributed by atoms with Gasteiger partial charge in [-0.2, -0.15) is 0 Å². The smallest absolute Gasteiger partial charge is 0.142 e.